The van der Waals surface area contributed by atoms with E-state index in [-0.39, 0.29) is 36.8 Å². The molecule has 1 fully saturated rings. The van der Waals surface area contributed by atoms with Crippen LogP contribution in [0, 0.1) is 5.92 Å². The van der Waals surface area contributed by atoms with E-state index in [0.29, 0.717) is 11.6 Å². The number of carbonyl (C=O) groups is 2. The first kappa shape index (κ1) is 18.9. The summed E-state index contributed by atoms with van der Waals surface area (Å²) in [4.78, 5) is 24.0. The van der Waals surface area contributed by atoms with E-state index in [1.54, 1.807) is 18.2 Å². The minimum absolute atomic E-state index is 0.00219. The standard InChI is InChI=1S/C19H23ClN2O4/c20-15-4-2-1-3-13(15)10-21-18(24)9-14-7-8-16(17(11-23)26-14)22-19(25)12-5-6-12/h1-4,7-8,12,14,16-17,23H,5-6,9-11H2,(H,21,24)(H,22,25)/t14-,16+,17+/m0/s1. The maximum Gasteiger partial charge on any atom is 0.223 e. The Morgan fingerprint density at radius 1 is 1.23 bits per heavy atom. The van der Waals surface area contributed by atoms with Gasteiger partial charge in [0, 0.05) is 17.5 Å². The lowest BCUT2D eigenvalue weighted by molar-refractivity contribution is -0.128. The van der Waals surface area contributed by atoms with Crippen LogP contribution in [0.3, 0.4) is 0 Å². The topological polar surface area (TPSA) is 87.7 Å². The average Bonchev–Trinajstić information content (AvgIpc) is 3.47. The summed E-state index contributed by atoms with van der Waals surface area (Å²) in [6, 6.07) is 6.96. The predicted octanol–water partition coefficient (Wildman–Crippen LogP) is 1.56. The van der Waals surface area contributed by atoms with Gasteiger partial charge in [-0.1, -0.05) is 42.0 Å². The Hall–Kier alpha value is -1.89. The van der Waals surface area contributed by atoms with E-state index in [4.69, 9.17) is 16.3 Å². The monoisotopic (exact) mass is 378 g/mol. The first-order valence-electron chi connectivity index (χ1n) is 8.82. The van der Waals surface area contributed by atoms with Crippen LogP contribution in [-0.4, -0.2) is 41.8 Å². The molecular weight excluding hydrogens is 356 g/mol. The van der Waals surface area contributed by atoms with Crippen LogP contribution in [0.4, 0.5) is 0 Å². The number of aliphatic hydroxyl groups excluding tert-OH is 1. The van der Waals surface area contributed by atoms with E-state index in [9.17, 15) is 14.7 Å². The Kier molecular flexibility index (Phi) is 6.29. The van der Waals surface area contributed by atoms with Crippen molar-refractivity contribution in [1.29, 1.82) is 0 Å². The molecule has 1 aliphatic heterocycles. The van der Waals surface area contributed by atoms with Crippen LogP contribution >= 0.6 is 11.6 Å². The Morgan fingerprint density at radius 2 is 2.00 bits per heavy atom. The maximum atomic E-state index is 12.1. The van der Waals surface area contributed by atoms with Crippen molar-refractivity contribution in [2.75, 3.05) is 6.61 Å². The average molecular weight is 379 g/mol. The van der Waals surface area contributed by atoms with Gasteiger partial charge in [0.25, 0.3) is 0 Å². The summed E-state index contributed by atoms with van der Waals surface area (Å²) in [7, 11) is 0. The van der Waals surface area contributed by atoms with Gasteiger partial charge < -0.3 is 20.5 Å². The van der Waals surface area contributed by atoms with Gasteiger partial charge in [-0.15, -0.1) is 0 Å². The van der Waals surface area contributed by atoms with Crippen molar-refractivity contribution < 1.29 is 19.4 Å². The highest BCUT2D eigenvalue weighted by molar-refractivity contribution is 6.31. The molecule has 0 aromatic heterocycles. The zero-order valence-corrected chi connectivity index (χ0v) is 15.1. The van der Waals surface area contributed by atoms with Crippen molar-refractivity contribution in [3.8, 4) is 0 Å². The molecule has 6 nitrogen and oxygen atoms in total. The second-order valence-corrected chi connectivity index (χ2v) is 7.07. The third-order valence-electron chi connectivity index (χ3n) is 4.54. The molecule has 7 heteroatoms. The molecule has 26 heavy (non-hydrogen) atoms. The molecule has 3 atom stereocenters. The van der Waals surface area contributed by atoms with Gasteiger partial charge in [0.15, 0.2) is 0 Å². The lowest BCUT2D eigenvalue weighted by Crippen LogP contribution is -2.49. The zero-order chi connectivity index (χ0) is 18.5. The maximum absolute atomic E-state index is 12.1. The van der Waals surface area contributed by atoms with E-state index in [2.05, 4.69) is 10.6 Å². The van der Waals surface area contributed by atoms with Gasteiger partial charge in [0.2, 0.25) is 11.8 Å². The van der Waals surface area contributed by atoms with E-state index in [1.165, 1.54) is 0 Å². The van der Waals surface area contributed by atoms with Crippen LogP contribution in [0.2, 0.25) is 5.02 Å². The van der Waals surface area contributed by atoms with E-state index in [1.807, 2.05) is 18.2 Å². The smallest absolute Gasteiger partial charge is 0.223 e. The van der Waals surface area contributed by atoms with E-state index >= 15 is 0 Å². The molecule has 1 heterocycles. The highest BCUT2D eigenvalue weighted by Crippen LogP contribution is 2.29. The third kappa shape index (κ3) is 5.06. The Bertz CT molecular complexity index is 690. The molecule has 0 spiro atoms. The number of hydrogen-bond donors (Lipinski definition) is 3. The Labute approximate surface area is 157 Å². The molecule has 0 bridgehead atoms. The van der Waals surface area contributed by atoms with Gasteiger partial charge in [-0.25, -0.2) is 0 Å². The molecule has 140 valence electrons. The number of rotatable bonds is 7. The molecule has 0 unspecified atom stereocenters. The first-order chi connectivity index (χ1) is 12.6. The normalized spacial score (nSPS) is 24.9. The van der Waals surface area contributed by atoms with Crippen LogP contribution in [0.5, 0.6) is 0 Å². The summed E-state index contributed by atoms with van der Waals surface area (Å²) in [6.45, 7) is 0.121. The van der Waals surface area contributed by atoms with Crippen molar-refractivity contribution in [2.45, 2.75) is 44.1 Å². The number of aliphatic hydroxyl groups is 1. The number of amides is 2. The van der Waals surface area contributed by atoms with Crippen molar-refractivity contribution in [1.82, 2.24) is 10.6 Å². The molecular formula is C19H23ClN2O4. The van der Waals surface area contributed by atoms with Crippen LogP contribution in [0.25, 0.3) is 0 Å². The van der Waals surface area contributed by atoms with Gasteiger partial charge in [-0.05, 0) is 24.5 Å². The molecule has 0 radical (unpaired) electrons. The lowest BCUT2D eigenvalue weighted by atomic mass is 10.0. The largest absolute Gasteiger partial charge is 0.394 e. The minimum atomic E-state index is -0.552. The molecule has 0 saturated heterocycles. The number of benzene rings is 1. The molecule has 2 amide bonds. The fourth-order valence-electron chi connectivity index (χ4n) is 2.85. The summed E-state index contributed by atoms with van der Waals surface area (Å²) in [5.74, 6) is -0.0783. The number of nitrogens with one attached hydrogen (secondary N) is 2. The fourth-order valence-corrected chi connectivity index (χ4v) is 3.06. The van der Waals surface area contributed by atoms with Gasteiger partial charge in [0.05, 0.1) is 25.2 Å². The van der Waals surface area contributed by atoms with E-state index in [0.717, 1.165) is 18.4 Å². The molecule has 1 aromatic carbocycles. The molecule has 2 aliphatic rings. The highest BCUT2D eigenvalue weighted by Gasteiger charge is 2.34. The quantitative estimate of drug-likeness (QED) is 0.628. The zero-order valence-electron chi connectivity index (χ0n) is 14.4. The number of carbonyl (C=O) groups excluding carboxylic acids is 2. The van der Waals surface area contributed by atoms with Crippen LogP contribution < -0.4 is 10.6 Å². The van der Waals surface area contributed by atoms with Gasteiger partial charge in [-0.3, -0.25) is 9.59 Å². The van der Waals surface area contributed by atoms with Crippen molar-refractivity contribution in [3.05, 3.63) is 47.0 Å². The molecule has 3 rings (SSSR count). The Morgan fingerprint density at radius 3 is 2.69 bits per heavy atom. The summed E-state index contributed by atoms with van der Waals surface area (Å²) < 4.78 is 5.76. The third-order valence-corrected chi connectivity index (χ3v) is 4.91. The SMILES string of the molecule is O=C(C[C@@H]1C=C[C@@H](NC(=O)C2CC2)[C@@H](CO)O1)NCc1ccccc1Cl. The first-order valence-corrected chi connectivity index (χ1v) is 9.19. The molecule has 1 aromatic rings. The second kappa shape index (κ2) is 8.66. The Balaban J connectivity index is 1.49. The number of halogens is 1. The van der Waals surface area contributed by atoms with Gasteiger partial charge >= 0.3 is 0 Å². The minimum Gasteiger partial charge on any atom is -0.394 e. The van der Waals surface area contributed by atoms with Crippen molar-refractivity contribution >= 4 is 23.4 Å². The summed E-state index contributed by atoms with van der Waals surface area (Å²) in [5.41, 5.74) is 0.846. The summed E-state index contributed by atoms with van der Waals surface area (Å²) in [5, 5.41) is 15.8. The van der Waals surface area contributed by atoms with Crippen molar-refractivity contribution in [2.24, 2.45) is 5.92 Å². The van der Waals surface area contributed by atoms with Gasteiger partial charge in [0.1, 0.15) is 6.10 Å². The second-order valence-electron chi connectivity index (χ2n) is 6.66. The van der Waals surface area contributed by atoms with Crippen LogP contribution in [0.1, 0.15) is 24.8 Å². The number of ether oxygens (including phenoxy) is 1. The summed E-state index contributed by atoms with van der Waals surface area (Å²) >= 11 is 6.07. The van der Waals surface area contributed by atoms with Crippen LogP contribution in [0.15, 0.2) is 36.4 Å². The van der Waals surface area contributed by atoms with Crippen LogP contribution in [-0.2, 0) is 20.9 Å². The predicted molar refractivity (Wildman–Crippen MR) is 97.5 cm³/mol. The highest BCUT2D eigenvalue weighted by atomic mass is 35.5. The molecule has 1 saturated carbocycles. The van der Waals surface area contributed by atoms with E-state index < -0.39 is 12.2 Å². The molecule has 1 aliphatic carbocycles. The van der Waals surface area contributed by atoms with Gasteiger partial charge in [-0.2, -0.15) is 0 Å². The summed E-state index contributed by atoms with van der Waals surface area (Å²) in [6.07, 6.45) is 4.55. The lowest BCUT2D eigenvalue weighted by Gasteiger charge is -2.31. The van der Waals surface area contributed by atoms with Crippen molar-refractivity contribution in [3.63, 3.8) is 0 Å². The fraction of sp³-hybridized carbons (Fsp3) is 0.474. The number of hydrogen-bond acceptors (Lipinski definition) is 4. The molecule has 3 N–H and O–H groups in total.